The molecule has 0 saturated heterocycles. The van der Waals surface area contributed by atoms with Crippen LogP contribution in [0.3, 0.4) is 0 Å². The molecule has 0 unspecified atom stereocenters. The number of rotatable bonds is 4. The number of hydrogen-bond acceptors (Lipinski definition) is 4. The predicted octanol–water partition coefficient (Wildman–Crippen LogP) is 2.41. The van der Waals surface area contributed by atoms with Gasteiger partial charge in [-0.1, -0.05) is 17.7 Å². The number of nitrogens with one attached hydrogen (secondary N) is 1. The third kappa shape index (κ3) is 3.13. The van der Waals surface area contributed by atoms with E-state index in [1.165, 1.54) is 29.3 Å². The summed E-state index contributed by atoms with van der Waals surface area (Å²) in [7, 11) is 1.75. The van der Waals surface area contributed by atoms with Crippen molar-refractivity contribution in [2.24, 2.45) is 7.05 Å². The van der Waals surface area contributed by atoms with Gasteiger partial charge in [0, 0.05) is 23.3 Å². The van der Waals surface area contributed by atoms with Crippen molar-refractivity contribution < 1.29 is 9.18 Å². The largest absolute Gasteiger partial charge is 0.289 e. The maximum absolute atomic E-state index is 13.8. The van der Waals surface area contributed by atoms with Crippen molar-refractivity contribution >= 4 is 23.5 Å². The molecule has 24 heavy (non-hydrogen) atoms. The van der Waals surface area contributed by atoms with Crippen molar-refractivity contribution in [1.29, 1.82) is 0 Å². The van der Waals surface area contributed by atoms with E-state index >= 15 is 0 Å². The maximum Gasteiger partial charge on any atom is 0.261 e. The third-order valence-corrected chi connectivity index (χ3v) is 3.98. The van der Waals surface area contributed by atoms with E-state index in [0.29, 0.717) is 16.1 Å². The summed E-state index contributed by atoms with van der Waals surface area (Å²) in [4.78, 5) is 16.2. The first-order valence-corrected chi connectivity index (χ1v) is 7.46. The van der Waals surface area contributed by atoms with Crippen molar-refractivity contribution in [2.45, 2.75) is 13.5 Å². The van der Waals surface area contributed by atoms with Crippen molar-refractivity contribution in [1.82, 2.24) is 24.5 Å². The summed E-state index contributed by atoms with van der Waals surface area (Å²) in [6, 6.07) is 4.46. The highest BCUT2D eigenvalue weighted by molar-refractivity contribution is 6.31. The molecule has 3 aromatic rings. The zero-order chi connectivity index (χ0) is 17.3. The molecule has 0 bridgehead atoms. The van der Waals surface area contributed by atoms with Crippen LogP contribution < -0.4 is 5.32 Å². The lowest BCUT2D eigenvalue weighted by molar-refractivity contribution is 0.102. The summed E-state index contributed by atoms with van der Waals surface area (Å²) >= 11 is 5.99. The van der Waals surface area contributed by atoms with Crippen LogP contribution in [-0.2, 0) is 13.6 Å². The molecule has 0 fully saturated rings. The van der Waals surface area contributed by atoms with Gasteiger partial charge in [0.2, 0.25) is 5.95 Å². The number of carbonyl (C=O) groups is 1. The number of anilines is 1. The Labute approximate surface area is 142 Å². The number of aryl methyl sites for hydroxylation is 1. The Morgan fingerprint density at radius 3 is 2.88 bits per heavy atom. The first kappa shape index (κ1) is 16.1. The van der Waals surface area contributed by atoms with Crippen LogP contribution >= 0.6 is 11.6 Å². The van der Waals surface area contributed by atoms with Gasteiger partial charge in [0.25, 0.3) is 5.91 Å². The van der Waals surface area contributed by atoms with Gasteiger partial charge in [0.15, 0.2) is 0 Å². The van der Waals surface area contributed by atoms with Gasteiger partial charge in [-0.15, -0.1) is 5.10 Å². The first-order chi connectivity index (χ1) is 11.5. The Bertz CT molecular complexity index is 883. The number of aromatic nitrogens is 5. The van der Waals surface area contributed by atoms with E-state index in [1.807, 2.05) is 0 Å². The smallest absolute Gasteiger partial charge is 0.261 e. The minimum Gasteiger partial charge on any atom is -0.289 e. The summed E-state index contributed by atoms with van der Waals surface area (Å²) < 4.78 is 16.8. The van der Waals surface area contributed by atoms with Crippen LogP contribution in [0, 0.1) is 12.7 Å². The van der Waals surface area contributed by atoms with Crippen molar-refractivity contribution in [3.8, 4) is 0 Å². The van der Waals surface area contributed by atoms with E-state index in [9.17, 15) is 9.18 Å². The molecule has 1 amide bonds. The number of amides is 1. The minimum atomic E-state index is -0.422. The van der Waals surface area contributed by atoms with Gasteiger partial charge in [-0.25, -0.2) is 14.1 Å². The second-order valence-electron chi connectivity index (χ2n) is 5.19. The number of benzene rings is 1. The third-order valence-electron chi connectivity index (χ3n) is 3.62. The molecule has 2 heterocycles. The molecule has 7 nitrogen and oxygen atoms in total. The van der Waals surface area contributed by atoms with Gasteiger partial charge in [-0.3, -0.25) is 14.8 Å². The van der Waals surface area contributed by atoms with Crippen LogP contribution in [0.1, 0.15) is 21.6 Å². The van der Waals surface area contributed by atoms with E-state index in [-0.39, 0.29) is 18.4 Å². The van der Waals surface area contributed by atoms with Gasteiger partial charge in [0.05, 0.1) is 18.3 Å². The molecule has 9 heteroatoms. The van der Waals surface area contributed by atoms with E-state index in [2.05, 4.69) is 20.5 Å². The summed E-state index contributed by atoms with van der Waals surface area (Å²) in [5.74, 6) is -0.660. The Balaban J connectivity index is 1.74. The van der Waals surface area contributed by atoms with Crippen molar-refractivity contribution in [3.05, 3.63) is 58.4 Å². The quantitative estimate of drug-likeness (QED) is 0.785. The van der Waals surface area contributed by atoms with Crippen molar-refractivity contribution in [3.63, 3.8) is 0 Å². The summed E-state index contributed by atoms with van der Waals surface area (Å²) in [6.07, 6.45) is 2.87. The van der Waals surface area contributed by atoms with E-state index in [0.717, 1.165) is 5.69 Å². The lowest BCUT2D eigenvalue weighted by Gasteiger charge is -2.05. The van der Waals surface area contributed by atoms with Crippen LogP contribution in [-0.4, -0.2) is 30.5 Å². The normalized spacial score (nSPS) is 10.8. The molecular weight excluding hydrogens is 335 g/mol. The van der Waals surface area contributed by atoms with Crippen LogP contribution in [0.4, 0.5) is 10.3 Å². The molecule has 124 valence electrons. The SMILES string of the molecule is Cc1c(C(=O)Nc2ncn(Cc3c(F)cccc3Cl)n2)cnn1C. The van der Waals surface area contributed by atoms with Crippen LogP contribution in [0.25, 0.3) is 0 Å². The second kappa shape index (κ2) is 6.40. The molecule has 0 aliphatic carbocycles. The van der Waals surface area contributed by atoms with E-state index in [4.69, 9.17) is 11.6 Å². The number of hydrogen-bond donors (Lipinski definition) is 1. The first-order valence-electron chi connectivity index (χ1n) is 7.08. The van der Waals surface area contributed by atoms with Crippen molar-refractivity contribution in [2.75, 3.05) is 5.32 Å². The Morgan fingerprint density at radius 1 is 1.42 bits per heavy atom. The average molecular weight is 349 g/mol. The molecule has 0 saturated carbocycles. The van der Waals surface area contributed by atoms with Crippen LogP contribution in [0.2, 0.25) is 5.02 Å². The lowest BCUT2D eigenvalue weighted by Crippen LogP contribution is -2.14. The van der Waals surface area contributed by atoms with Gasteiger partial charge in [-0.05, 0) is 19.1 Å². The van der Waals surface area contributed by atoms with E-state index < -0.39 is 5.82 Å². The predicted molar refractivity (Wildman–Crippen MR) is 86.4 cm³/mol. The molecule has 2 aromatic heterocycles. The molecule has 0 atom stereocenters. The fourth-order valence-corrected chi connectivity index (χ4v) is 2.39. The molecule has 0 spiro atoms. The molecule has 0 radical (unpaired) electrons. The lowest BCUT2D eigenvalue weighted by atomic mass is 10.2. The Morgan fingerprint density at radius 2 is 2.21 bits per heavy atom. The van der Waals surface area contributed by atoms with Gasteiger partial charge in [0.1, 0.15) is 12.1 Å². The summed E-state index contributed by atoms with van der Waals surface area (Å²) in [5, 5.41) is 11.0. The fourth-order valence-electron chi connectivity index (χ4n) is 2.16. The highest BCUT2D eigenvalue weighted by Gasteiger charge is 2.15. The topological polar surface area (TPSA) is 77.6 Å². The molecule has 3 rings (SSSR count). The summed E-state index contributed by atoms with van der Waals surface area (Å²) in [5.41, 5.74) is 1.47. The Hall–Kier alpha value is -2.74. The average Bonchev–Trinajstić information content (AvgIpc) is 3.11. The standard InChI is InChI=1S/C15H14ClFN6O/c1-9-10(6-19-22(9)2)14(24)20-15-18-8-23(21-15)7-11-12(16)4-3-5-13(11)17/h3-6,8H,7H2,1-2H3,(H,20,21,24). The highest BCUT2D eigenvalue weighted by atomic mass is 35.5. The number of carbonyl (C=O) groups excluding carboxylic acids is 1. The zero-order valence-corrected chi connectivity index (χ0v) is 13.8. The molecule has 1 aromatic carbocycles. The van der Waals surface area contributed by atoms with E-state index in [1.54, 1.807) is 24.7 Å². The molecular formula is C15H14ClFN6O. The molecule has 0 aliphatic heterocycles. The Kier molecular flexibility index (Phi) is 4.30. The fraction of sp³-hybridized carbons (Fsp3) is 0.200. The number of halogens is 2. The molecule has 0 aliphatic rings. The highest BCUT2D eigenvalue weighted by Crippen LogP contribution is 2.20. The zero-order valence-electron chi connectivity index (χ0n) is 13.0. The second-order valence-corrected chi connectivity index (χ2v) is 5.59. The van der Waals surface area contributed by atoms with Gasteiger partial charge >= 0.3 is 0 Å². The summed E-state index contributed by atoms with van der Waals surface area (Å²) in [6.45, 7) is 1.90. The van der Waals surface area contributed by atoms with Gasteiger partial charge in [-0.2, -0.15) is 5.10 Å². The van der Waals surface area contributed by atoms with Gasteiger partial charge < -0.3 is 0 Å². The maximum atomic E-state index is 13.8. The minimum absolute atomic E-state index is 0.111. The van der Waals surface area contributed by atoms with Crippen LogP contribution in [0.5, 0.6) is 0 Å². The monoisotopic (exact) mass is 348 g/mol. The van der Waals surface area contributed by atoms with Crippen LogP contribution in [0.15, 0.2) is 30.7 Å². The molecule has 1 N–H and O–H groups in total. The number of nitrogens with zero attached hydrogens (tertiary/aromatic N) is 5.